The Morgan fingerprint density at radius 3 is 2.26 bits per heavy atom. The summed E-state index contributed by atoms with van der Waals surface area (Å²) in [5, 5.41) is 14.0. The fourth-order valence-electron chi connectivity index (χ4n) is 6.04. The Morgan fingerprint density at radius 2 is 1.55 bits per heavy atom. The number of Topliss-reactive ketones (excluding diaryl/α,β-unsaturated/α-hetero) is 1. The van der Waals surface area contributed by atoms with E-state index in [-0.39, 0.29) is 12.6 Å². The smallest absolute Gasteiger partial charge is 0.292 e. The SMILES string of the molecule is CCCCNC(=O)C(=O)c1ccc2c(c1)CC(N(Cc1ccccc1)C[C@H](O)COc1ccc(OCc3ccccc3)cc1)CCC2. The van der Waals surface area contributed by atoms with Gasteiger partial charge in [0, 0.05) is 31.2 Å². The van der Waals surface area contributed by atoms with E-state index in [0.717, 1.165) is 55.4 Å². The van der Waals surface area contributed by atoms with Gasteiger partial charge in [-0.3, -0.25) is 14.5 Å². The number of nitrogens with zero attached hydrogens (tertiary/aromatic N) is 1. The summed E-state index contributed by atoms with van der Waals surface area (Å²) in [5.74, 6) is 0.386. The van der Waals surface area contributed by atoms with Crippen molar-refractivity contribution in [2.45, 2.75) is 70.7 Å². The van der Waals surface area contributed by atoms with Crippen molar-refractivity contribution in [1.82, 2.24) is 10.2 Å². The molecule has 0 bridgehead atoms. The largest absolute Gasteiger partial charge is 0.491 e. The summed E-state index contributed by atoms with van der Waals surface area (Å²) in [7, 11) is 0. The average molecular weight is 635 g/mol. The normalized spacial score (nSPS) is 14.9. The molecular weight excluding hydrogens is 588 g/mol. The number of unbranched alkanes of at least 4 members (excludes halogenated alkanes) is 1. The molecule has 5 rings (SSSR count). The van der Waals surface area contributed by atoms with Gasteiger partial charge in [-0.1, -0.05) is 86.1 Å². The first kappa shape index (κ1) is 33.9. The van der Waals surface area contributed by atoms with Crippen molar-refractivity contribution in [3.63, 3.8) is 0 Å². The van der Waals surface area contributed by atoms with Crippen molar-refractivity contribution in [2.75, 3.05) is 19.7 Å². The lowest BCUT2D eigenvalue weighted by Gasteiger charge is -2.33. The third kappa shape index (κ3) is 10.3. The number of ether oxygens (including phenoxy) is 2. The first-order valence-corrected chi connectivity index (χ1v) is 16.8. The van der Waals surface area contributed by atoms with Crippen LogP contribution in [0.15, 0.2) is 103 Å². The van der Waals surface area contributed by atoms with Crippen LogP contribution in [0.4, 0.5) is 0 Å². The maximum Gasteiger partial charge on any atom is 0.292 e. The van der Waals surface area contributed by atoms with Crippen molar-refractivity contribution in [1.29, 1.82) is 0 Å². The number of benzene rings is 4. The maximum atomic E-state index is 12.9. The number of carbonyl (C=O) groups excluding carboxylic acids is 2. The Labute approximate surface area is 278 Å². The molecule has 7 nitrogen and oxygen atoms in total. The van der Waals surface area contributed by atoms with Crippen LogP contribution in [0.1, 0.15) is 65.2 Å². The minimum absolute atomic E-state index is 0.149. The Kier molecular flexibility index (Phi) is 12.6. The Morgan fingerprint density at radius 1 is 0.872 bits per heavy atom. The number of hydrogen-bond donors (Lipinski definition) is 2. The lowest BCUT2D eigenvalue weighted by atomic mass is 9.96. The van der Waals surface area contributed by atoms with Crippen molar-refractivity contribution < 1.29 is 24.2 Å². The molecule has 1 aliphatic rings. The highest BCUT2D eigenvalue weighted by molar-refractivity contribution is 6.42. The molecule has 0 spiro atoms. The number of aryl methyl sites for hydroxylation is 1. The van der Waals surface area contributed by atoms with Gasteiger partial charge in [0.05, 0.1) is 0 Å². The fourth-order valence-corrected chi connectivity index (χ4v) is 6.04. The Hall–Kier alpha value is -4.46. The Bertz CT molecular complexity index is 1560. The summed E-state index contributed by atoms with van der Waals surface area (Å²) in [6, 6.07) is 33.6. The maximum absolute atomic E-state index is 12.9. The van der Waals surface area contributed by atoms with Gasteiger partial charge in [-0.15, -0.1) is 0 Å². The first-order valence-electron chi connectivity index (χ1n) is 16.8. The molecule has 0 saturated heterocycles. The third-order valence-electron chi connectivity index (χ3n) is 8.63. The highest BCUT2D eigenvalue weighted by Crippen LogP contribution is 2.27. The van der Waals surface area contributed by atoms with Crippen molar-refractivity contribution in [3.8, 4) is 11.5 Å². The zero-order valence-corrected chi connectivity index (χ0v) is 27.3. The second-order valence-corrected chi connectivity index (χ2v) is 12.3. The van der Waals surface area contributed by atoms with E-state index in [4.69, 9.17) is 9.47 Å². The zero-order valence-electron chi connectivity index (χ0n) is 27.3. The number of fused-ring (bicyclic) bond motifs is 1. The quantitative estimate of drug-likeness (QED) is 0.0629. The molecule has 4 aromatic carbocycles. The van der Waals surface area contributed by atoms with Crippen LogP contribution < -0.4 is 14.8 Å². The molecule has 7 heteroatoms. The zero-order chi connectivity index (χ0) is 32.8. The van der Waals surface area contributed by atoms with E-state index in [1.54, 1.807) is 6.07 Å². The van der Waals surface area contributed by atoms with Gasteiger partial charge in [0.2, 0.25) is 5.78 Å². The van der Waals surface area contributed by atoms with Gasteiger partial charge in [-0.05, 0) is 84.7 Å². The van der Waals surface area contributed by atoms with Crippen LogP contribution in [-0.2, 0) is 30.8 Å². The molecule has 0 radical (unpaired) electrons. The van der Waals surface area contributed by atoms with Crippen LogP contribution in [-0.4, -0.2) is 53.5 Å². The van der Waals surface area contributed by atoms with Crippen LogP contribution in [0.25, 0.3) is 0 Å². The van der Waals surface area contributed by atoms with Gasteiger partial charge >= 0.3 is 0 Å². The predicted octanol–water partition coefficient (Wildman–Crippen LogP) is 6.55. The molecule has 0 fully saturated rings. The van der Waals surface area contributed by atoms with E-state index >= 15 is 0 Å². The van der Waals surface area contributed by atoms with Crippen LogP contribution in [0, 0.1) is 0 Å². The highest BCUT2D eigenvalue weighted by Gasteiger charge is 2.26. The number of aliphatic hydroxyl groups excluding tert-OH is 1. The van der Waals surface area contributed by atoms with Gasteiger partial charge in [0.25, 0.3) is 5.91 Å². The number of rotatable bonds is 16. The lowest BCUT2D eigenvalue weighted by Crippen LogP contribution is -2.42. The van der Waals surface area contributed by atoms with Gasteiger partial charge in [-0.25, -0.2) is 0 Å². The summed E-state index contributed by atoms with van der Waals surface area (Å²) in [5.41, 5.74) is 5.02. The molecule has 1 aliphatic carbocycles. The van der Waals surface area contributed by atoms with Gasteiger partial charge in [-0.2, -0.15) is 0 Å². The second-order valence-electron chi connectivity index (χ2n) is 12.3. The summed E-state index contributed by atoms with van der Waals surface area (Å²) < 4.78 is 11.9. The molecule has 0 heterocycles. The number of nitrogens with one attached hydrogen (secondary N) is 1. The molecule has 2 N–H and O–H groups in total. The van der Waals surface area contributed by atoms with E-state index < -0.39 is 17.8 Å². The molecular formula is C40H46N2O5. The average Bonchev–Trinajstić information content (AvgIpc) is 3.33. The molecule has 1 amide bonds. The van der Waals surface area contributed by atoms with Crippen molar-refractivity contribution in [2.24, 2.45) is 0 Å². The minimum Gasteiger partial charge on any atom is -0.491 e. The van der Waals surface area contributed by atoms with Crippen LogP contribution in [0.5, 0.6) is 11.5 Å². The van der Waals surface area contributed by atoms with Crippen LogP contribution >= 0.6 is 0 Å². The lowest BCUT2D eigenvalue weighted by molar-refractivity contribution is -0.117. The van der Waals surface area contributed by atoms with Gasteiger partial charge in [0.1, 0.15) is 30.8 Å². The minimum atomic E-state index is -0.713. The van der Waals surface area contributed by atoms with E-state index in [2.05, 4.69) is 22.3 Å². The monoisotopic (exact) mass is 634 g/mol. The number of hydrogen-bond acceptors (Lipinski definition) is 6. The fraction of sp³-hybridized carbons (Fsp3) is 0.350. The molecule has 0 saturated carbocycles. The van der Waals surface area contributed by atoms with Crippen LogP contribution in [0.3, 0.4) is 0 Å². The predicted molar refractivity (Wildman–Crippen MR) is 185 cm³/mol. The van der Waals surface area contributed by atoms with Crippen molar-refractivity contribution >= 4 is 11.7 Å². The number of amides is 1. The van der Waals surface area contributed by atoms with E-state index in [1.807, 2.05) is 91.9 Å². The first-order chi connectivity index (χ1) is 23.0. The molecule has 246 valence electrons. The van der Waals surface area contributed by atoms with Gasteiger partial charge < -0.3 is 19.9 Å². The summed E-state index contributed by atoms with van der Waals surface area (Å²) in [6.45, 7) is 4.32. The molecule has 0 aliphatic heterocycles. The van der Waals surface area contributed by atoms with E-state index in [0.29, 0.717) is 37.6 Å². The number of ketones is 1. The third-order valence-corrected chi connectivity index (χ3v) is 8.63. The molecule has 2 atom stereocenters. The summed E-state index contributed by atoms with van der Waals surface area (Å²) >= 11 is 0. The summed E-state index contributed by atoms with van der Waals surface area (Å²) in [6.07, 6.45) is 4.69. The highest BCUT2D eigenvalue weighted by atomic mass is 16.5. The molecule has 4 aromatic rings. The topological polar surface area (TPSA) is 88.1 Å². The second kappa shape index (κ2) is 17.5. The molecule has 47 heavy (non-hydrogen) atoms. The van der Waals surface area contributed by atoms with E-state index in [1.165, 1.54) is 11.1 Å². The Balaban J connectivity index is 1.22. The molecule has 0 aromatic heterocycles. The van der Waals surface area contributed by atoms with Gasteiger partial charge in [0.15, 0.2) is 0 Å². The summed E-state index contributed by atoms with van der Waals surface area (Å²) in [4.78, 5) is 27.8. The standard InChI is InChI=1S/C40H46N2O5/c1-2-3-23-41-40(45)39(44)33-18-17-32-15-10-16-35(25-34(32)24-33)42(26-30-11-6-4-7-12-30)27-36(43)29-47-38-21-19-37(20-22-38)46-28-31-13-8-5-9-14-31/h4-9,11-14,17-22,24,35-36,43H,2-3,10,15-16,23,25-29H2,1H3,(H,41,45)/t35?,36-/m0/s1. The molecule has 1 unspecified atom stereocenters. The van der Waals surface area contributed by atoms with Crippen LogP contribution in [0.2, 0.25) is 0 Å². The number of aliphatic hydroxyl groups is 1. The van der Waals surface area contributed by atoms with E-state index in [9.17, 15) is 14.7 Å². The number of carbonyl (C=O) groups is 2. The van der Waals surface area contributed by atoms with Crippen molar-refractivity contribution in [3.05, 3.63) is 131 Å².